The molecular formula is C16H21NO4. The van der Waals surface area contributed by atoms with E-state index in [0.29, 0.717) is 0 Å². The lowest BCUT2D eigenvalue weighted by atomic mass is 9.99. The van der Waals surface area contributed by atoms with Crippen molar-refractivity contribution in [3.63, 3.8) is 0 Å². The number of nitrogens with zero attached hydrogens (tertiary/aromatic N) is 1. The summed E-state index contributed by atoms with van der Waals surface area (Å²) in [5, 5.41) is 31.2. The molecule has 1 aliphatic rings. The number of aliphatic hydroxyl groups excluding tert-OH is 3. The van der Waals surface area contributed by atoms with E-state index in [4.69, 9.17) is 4.74 Å². The Kier molecular flexibility index (Phi) is 3.75. The molecule has 0 spiro atoms. The number of para-hydroxylation sites is 1. The van der Waals surface area contributed by atoms with Crippen LogP contribution >= 0.6 is 0 Å². The minimum Gasteiger partial charge on any atom is -0.388 e. The third-order valence-electron chi connectivity index (χ3n) is 4.31. The third-order valence-corrected chi connectivity index (χ3v) is 4.31. The van der Waals surface area contributed by atoms with Gasteiger partial charge in [0.25, 0.3) is 0 Å². The molecule has 3 N–H and O–H groups in total. The first-order valence-corrected chi connectivity index (χ1v) is 7.32. The number of ether oxygens (including phenoxy) is 1. The van der Waals surface area contributed by atoms with Gasteiger partial charge >= 0.3 is 0 Å². The van der Waals surface area contributed by atoms with Crippen molar-refractivity contribution in [3.8, 4) is 0 Å². The van der Waals surface area contributed by atoms with Crippen LogP contribution in [0.4, 0.5) is 0 Å². The van der Waals surface area contributed by atoms with Gasteiger partial charge in [-0.3, -0.25) is 0 Å². The summed E-state index contributed by atoms with van der Waals surface area (Å²) in [6.45, 7) is 3.77. The van der Waals surface area contributed by atoms with E-state index >= 15 is 0 Å². The van der Waals surface area contributed by atoms with Crippen molar-refractivity contribution in [1.29, 1.82) is 0 Å². The van der Waals surface area contributed by atoms with Gasteiger partial charge < -0.3 is 24.6 Å². The summed E-state index contributed by atoms with van der Waals surface area (Å²) in [4.78, 5) is 0. The second-order valence-corrected chi connectivity index (χ2v) is 5.64. The average molecular weight is 291 g/mol. The molecule has 1 aromatic heterocycles. The Balaban J connectivity index is 2.08. The van der Waals surface area contributed by atoms with Gasteiger partial charge in [0.2, 0.25) is 0 Å². The van der Waals surface area contributed by atoms with Crippen molar-refractivity contribution in [2.24, 2.45) is 0 Å². The molecule has 3 rings (SSSR count). The second kappa shape index (κ2) is 5.42. The maximum absolute atomic E-state index is 10.3. The van der Waals surface area contributed by atoms with Crippen LogP contribution in [0, 0.1) is 0 Å². The summed E-state index contributed by atoms with van der Waals surface area (Å²) in [6.07, 6.45) is -1.89. The van der Waals surface area contributed by atoms with E-state index in [2.05, 4.69) is 6.92 Å². The van der Waals surface area contributed by atoms with E-state index in [1.807, 2.05) is 35.0 Å². The minimum atomic E-state index is -1.22. The minimum absolute atomic E-state index is 0.542. The molecule has 1 aromatic carbocycles. The molecule has 1 aliphatic heterocycles. The first-order chi connectivity index (χ1) is 10.0. The van der Waals surface area contributed by atoms with Gasteiger partial charge in [0, 0.05) is 11.6 Å². The van der Waals surface area contributed by atoms with Crippen LogP contribution in [0.2, 0.25) is 0 Å². The zero-order valence-corrected chi connectivity index (χ0v) is 12.2. The Morgan fingerprint density at radius 2 is 1.81 bits per heavy atom. The van der Waals surface area contributed by atoms with Crippen molar-refractivity contribution < 1.29 is 20.1 Å². The highest BCUT2D eigenvalue weighted by Crippen LogP contribution is 2.33. The van der Waals surface area contributed by atoms with Gasteiger partial charge in [0.15, 0.2) is 6.23 Å². The van der Waals surface area contributed by atoms with Gasteiger partial charge in [-0.05, 0) is 25.0 Å². The van der Waals surface area contributed by atoms with Crippen molar-refractivity contribution >= 4 is 10.9 Å². The molecule has 5 nitrogen and oxygen atoms in total. The molecule has 2 heterocycles. The van der Waals surface area contributed by atoms with Gasteiger partial charge in [0.1, 0.15) is 18.3 Å². The summed E-state index contributed by atoms with van der Waals surface area (Å²) in [5.74, 6) is 0. The lowest BCUT2D eigenvalue weighted by Gasteiger charge is -2.40. The van der Waals surface area contributed by atoms with E-state index in [-0.39, 0.29) is 0 Å². The molecular weight excluding hydrogens is 270 g/mol. The third kappa shape index (κ3) is 2.26. The quantitative estimate of drug-likeness (QED) is 0.777. The fourth-order valence-corrected chi connectivity index (χ4v) is 3.03. The van der Waals surface area contributed by atoms with E-state index in [1.165, 1.54) is 0 Å². The molecule has 0 unspecified atom stereocenters. The second-order valence-electron chi connectivity index (χ2n) is 5.64. The summed E-state index contributed by atoms with van der Waals surface area (Å²) in [7, 11) is 0. The number of aromatic nitrogens is 1. The smallest absolute Gasteiger partial charge is 0.163 e. The largest absolute Gasteiger partial charge is 0.388 e. The number of hydrogen-bond donors (Lipinski definition) is 3. The van der Waals surface area contributed by atoms with Crippen LogP contribution in [0.15, 0.2) is 30.5 Å². The van der Waals surface area contributed by atoms with Gasteiger partial charge in [-0.1, -0.05) is 25.1 Å². The first kappa shape index (κ1) is 14.5. The predicted octanol–water partition coefficient (Wildman–Crippen LogP) is 1.20. The number of benzene rings is 1. The van der Waals surface area contributed by atoms with Crippen molar-refractivity contribution in [2.45, 2.75) is 50.9 Å². The maximum atomic E-state index is 10.3. The molecule has 0 bridgehead atoms. The van der Waals surface area contributed by atoms with Crippen molar-refractivity contribution in [1.82, 2.24) is 4.57 Å². The Bertz CT molecular complexity index is 638. The van der Waals surface area contributed by atoms with Gasteiger partial charge in [-0.25, -0.2) is 0 Å². The van der Waals surface area contributed by atoms with Crippen LogP contribution in [0.25, 0.3) is 10.9 Å². The fourth-order valence-electron chi connectivity index (χ4n) is 3.03. The highest BCUT2D eigenvalue weighted by Gasteiger charge is 2.42. The van der Waals surface area contributed by atoms with E-state index in [9.17, 15) is 15.3 Å². The standard InChI is InChI=1S/C16H21NO4/c1-3-10-8-17(12-7-5-4-6-11(10)12)16-15(20)14(19)13(18)9(2)21-16/h4-9,13-16,18-20H,3H2,1-2H3/t9-,13-,14+,15-,16-/m1/s1. The topological polar surface area (TPSA) is 74.9 Å². The van der Waals surface area contributed by atoms with E-state index in [1.54, 1.807) is 6.92 Å². The number of rotatable bonds is 2. The molecule has 2 aromatic rings. The highest BCUT2D eigenvalue weighted by atomic mass is 16.5. The van der Waals surface area contributed by atoms with Gasteiger partial charge in [-0.15, -0.1) is 0 Å². The van der Waals surface area contributed by atoms with Crippen LogP contribution in [-0.4, -0.2) is 44.3 Å². The molecule has 0 aliphatic carbocycles. The summed E-state index contributed by atoms with van der Waals surface area (Å²) >= 11 is 0. The Morgan fingerprint density at radius 1 is 1.10 bits per heavy atom. The lowest BCUT2D eigenvalue weighted by molar-refractivity contribution is -0.239. The Labute approximate surface area is 123 Å². The number of aryl methyl sites for hydroxylation is 1. The SMILES string of the molecule is CCc1cn([C@@H]2O[C@H](C)[C@@H](O)[C@H](O)[C@H]2O)c2ccccc12. The maximum Gasteiger partial charge on any atom is 0.163 e. The van der Waals surface area contributed by atoms with Crippen LogP contribution in [0.3, 0.4) is 0 Å². The molecule has 0 radical (unpaired) electrons. The van der Waals surface area contributed by atoms with Crippen LogP contribution in [0.1, 0.15) is 25.6 Å². The van der Waals surface area contributed by atoms with Crippen LogP contribution in [-0.2, 0) is 11.2 Å². The normalized spacial score (nSPS) is 33.5. The molecule has 0 amide bonds. The highest BCUT2D eigenvalue weighted by molar-refractivity contribution is 5.84. The first-order valence-electron chi connectivity index (χ1n) is 7.32. The van der Waals surface area contributed by atoms with Crippen molar-refractivity contribution in [3.05, 3.63) is 36.0 Å². The Hall–Kier alpha value is -1.40. The number of aliphatic hydroxyl groups is 3. The number of fused-ring (bicyclic) bond motifs is 1. The molecule has 5 heteroatoms. The molecule has 114 valence electrons. The van der Waals surface area contributed by atoms with E-state index < -0.39 is 30.6 Å². The van der Waals surface area contributed by atoms with Crippen LogP contribution in [0.5, 0.6) is 0 Å². The lowest BCUT2D eigenvalue weighted by Crippen LogP contribution is -2.54. The molecule has 5 atom stereocenters. The van der Waals surface area contributed by atoms with E-state index in [0.717, 1.165) is 22.9 Å². The fraction of sp³-hybridized carbons (Fsp3) is 0.500. The zero-order valence-electron chi connectivity index (χ0n) is 12.2. The van der Waals surface area contributed by atoms with Gasteiger partial charge in [0.05, 0.1) is 11.6 Å². The van der Waals surface area contributed by atoms with Gasteiger partial charge in [-0.2, -0.15) is 0 Å². The summed E-state index contributed by atoms with van der Waals surface area (Å²) in [6, 6.07) is 7.91. The summed E-state index contributed by atoms with van der Waals surface area (Å²) < 4.78 is 7.59. The predicted molar refractivity (Wildman–Crippen MR) is 78.9 cm³/mol. The summed E-state index contributed by atoms with van der Waals surface area (Å²) in [5.41, 5.74) is 2.11. The zero-order chi connectivity index (χ0) is 15.1. The molecule has 21 heavy (non-hydrogen) atoms. The monoisotopic (exact) mass is 291 g/mol. The Morgan fingerprint density at radius 3 is 2.52 bits per heavy atom. The van der Waals surface area contributed by atoms with Crippen molar-refractivity contribution in [2.75, 3.05) is 0 Å². The average Bonchev–Trinajstić information content (AvgIpc) is 2.87. The molecule has 1 fully saturated rings. The van der Waals surface area contributed by atoms with Crippen LogP contribution < -0.4 is 0 Å². The number of hydrogen-bond acceptors (Lipinski definition) is 4. The molecule has 1 saturated heterocycles. The molecule has 0 saturated carbocycles.